The number of aromatic nitrogens is 2. The molecule has 0 aliphatic rings. The number of hydrogen-bond donors (Lipinski definition) is 0. The predicted octanol–water partition coefficient (Wildman–Crippen LogP) is 3.98. The van der Waals surface area contributed by atoms with Crippen LogP contribution in [0.1, 0.15) is 26.1 Å². The van der Waals surface area contributed by atoms with Crippen molar-refractivity contribution in [3.05, 3.63) is 29.8 Å². The number of ether oxygens (including phenoxy) is 1. The normalized spacial score (nSPS) is 11.7. The Labute approximate surface area is 123 Å². The molecule has 0 saturated heterocycles. The van der Waals surface area contributed by atoms with Crippen LogP contribution in [-0.4, -0.2) is 22.8 Å². The van der Waals surface area contributed by atoms with Gasteiger partial charge in [-0.25, -0.2) is 9.37 Å². The minimum atomic E-state index is -0.254. The van der Waals surface area contributed by atoms with E-state index in [9.17, 15) is 4.39 Å². The van der Waals surface area contributed by atoms with Crippen molar-refractivity contribution in [2.24, 2.45) is 5.92 Å². The van der Waals surface area contributed by atoms with Crippen LogP contribution in [-0.2, 0) is 17.2 Å². The van der Waals surface area contributed by atoms with Gasteiger partial charge in [-0.3, -0.25) is 0 Å². The Kier molecular flexibility index (Phi) is 5.38. The van der Waals surface area contributed by atoms with Crippen LogP contribution in [0.5, 0.6) is 0 Å². The van der Waals surface area contributed by atoms with Gasteiger partial charge in [0.1, 0.15) is 11.6 Å². The van der Waals surface area contributed by atoms with Gasteiger partial charge in [-0.05, 0) is 30.5 Å². The van der Waals surface area contributed by atoms with E-state index in [4.69, 9.17) is 16.3 Å². The quantitative estimate of drug-likeness (QED) is 0.571. The summed E-state index contributed by atoms with van der Waals surface area (Å²) < 4.78 is 20.9. The zero-order valence-corrected chi connectivity index (χ0v) is 12.7. The molecule has 0 bridgehead atoms. The first-order valence-electron chi connectivity index (χ1n) is 6.90. The molecule has 110 valence electrons. The SMILES string of the molecule is CC(C)COCCCn1c(CCl)nc2ccc(F)cc21. The number of imidazole rings is 1. The average molecular weight is 299 g/mol. The molecule has 0 N–H and O–H groups in total. The van der Waals surface area contributed by atoms with Crippen LogP contribution in [0.2, 0.25) is 0 Å². The third kappa shape index (κ3) is 3.70. The van der Waals surface area contributed by atoms with Crippen molar-refractivity contribution in [3.63, 3.8) is 0 Å². The van der Waals surface area contributed by atoms with E-state index in [1.54, 1.807) is 6.07 Å². The highest BCUT2D eigenvalue weighted by atomic mass is 35.5. The lowest BCUT2D eigenvalue weighted by atomic mass is 10.2. The maximum atomic E-state index is 13.4. The molecule has 1 heterocycles. The van der Waals surface area contributed by atoms with E-state index in [1.165, 1.54) is 12.1 Å². The summed E-state index contributed by atoms with van der Waals surface area (Å²) >= 11 is 5.92. The fourth-order valence-corrected chi connectivity index (χ4v) is 2.35. The molecule has 0 radical (unpaired) electrons. The summed E-state index contributed by atoms with van der Waals surface area (Å²) in [5, 5.41) is 0. The molecule has 0 aliphatic carbocycles. The Hall–Kier alpha value is -1.13. The molecule has 0 saturated carbocycles. The molecule has 1 aromatic heterocycles. The van der Waals surface area contributed by atoms with Gasteiger partial charge in [0.15, 0.2) is 0 Å². The molecule has 1 aromatic carbocycles. The van der Waals surface area contributed by atoms with Crippen LogP contribution < -0.4 is 0 Å². The first-order chi connectivity index (χ1) is 9.61. The molecule has 2 rings (SSSR count). The zero-order chi connectivity index (χ0) is 14.5. The van der Waals surface area contributed by atoms with E-state index in [0.717, 1.165) is 36.4 Å². The Morgan fingerprint density at radius 3 is 2.90 bits per heavy atom. The molecular weight excluding hydrogens is 279 g/mol. The molecule has 0 aliphatic heterocycles. The highest BCUT2D eigenvalue weighted by Gasteiger charge is 2.10. The van der Waals surface area contributed by atoms with E-state index in [-0.39, 0.29) is 5.82 Å². The van der Waals surface area contributed by atoms with Crippen molar-refractivity contribution in [2.75, 3.05) is 13.2 Å². The van der Waals surface area contributed by atoms with E-state index >= 15 is 0 Å². The summed E-state index contributed by atoms with van der Waals surface area (Å²) in [6.45, 7) is 6.44. The average Bonchev–Trinajstić information content (AvgIpc) is 2.75. The maximum Gasteiger partial charge on any atom is 0.125 e. The molecule has 0 atom stereocenters. The Balaban J connectivity index is 2.06. The largest absolute Gasteiger partial charge is 0.381 e. The molecule has 20 heavy (non-hydrogen) atoms. The highest BCUT2D eigenvalue weighted by molar-refractivity contribution is 6.16. The topological polar surface area (TPSA) is 27.1 Å². The second-order valence-electron chi connectivity index (χ2n) is 5.27. The van der Waals surface area contributed by atoms with Crippen molar-refractivity contribution in [3.8, 4) is 0 Å². The van der Waals surface area contributed by atoms with Crippen molar-refractivity contribution >= 4 is 22.6 Å². The molecule has 2 aromatic rings. The predicted molar refractivity (Wildman–Crippen MR) is 79.5 cm³/mol. The second kappa shape index (κ2) is 7.04. The smallest absolute Gasteiger partial charge is 0.125 e. The van der Waals surface area contributed by atoms with Gasteiger partial charge in [-0.2, -0.15) is 0 Å². The molecule has 5 heteroatoms. The first kappa shape index (κ1) is 15.3. The van der Waals surface area contributed by atoms with E-state index in [1.807, 2.05) is 4.57 Å². The number of rotatable bonds is 7. The Morgan fingerprint density at radius 1 is 1.40 bits per heavy atom. The number of nitrogens with zero attached hydrogens (tertiary/aromatic N) is 2. The highest BCUT2D eigenvalue weighted by Crippen LogP contribution is 2.19. The second-order valence-corrected chi connectivity index (χ2v) is 5.54. The van der Waals surface area contributed by atoms with Crippen molar-refractivity contribution in [1.29, 1.82) is 0 Å². The summed E-state index contributed by atoms with van der Waals surface area (Å²) in [5.74, 6) is 1.38. The van der Waals surface area contributed by atoms with Gasteiger partial charge >= 0.3 is 0 Å². The fraction of sp³-hybridized carbons (Fsp3) is 0.533. The van der Waals surface area contributed by atoms with Crippen LogP contribution in [0.15, 0.2) is 18.2 Å². The molecule has 0 spiro atoms. The van der Waals surface area contributed by atoms with Crippen LogP contribution in [0.3, 0.4) is 0 Å². The molecule has 3 nitrogen and oxygen atoms in total. The van der Waals surface area contributed by atoms with Crippen LogP contribution >= 0.6 is 11.6 Å². The maximum absolute atomic E-state index is 13.4. The summed E-state index contributed by atoms with van der Waals surface area (Å²) in [5.41, 5.74) is 1.58. The monoisotopic (exact) mass is 298 g/mol. The number of hydrogen-bond acceptors (Lipinski definition) is 2. The Bertz CT molecular complexity index is 568. The third-order valence-electron chi connectivity index (χ3n) is 3.03. The minimum Gasteiger partial charge on any atom is -0.381 e. The lowest BCUT2D eigenvalue weighted by molar-refractivity contribution is 0.105. The van der Waals surface area contributed by atoms with Gasteiger partial charge in [-0.1, -0.05) is 13.8 Å². The van der Waals surface area contributed by atoms with Gasteiger partial charge in [0.05, 0.1) is 16.9 Å². The van der Waals surface area contributed by atoms with E-state index < -0.39 is 0 Å². The number of alkyl halides is 1. The molecule has 0 unspecified atom stereocenters. The van der Waals surface area contributed by atoms with Crippen LogP contribution in [0, 0.1) is 11.7 Å². The number of benzene rings is 1. The standard InChI is InChI=1S/C15H20ClFN2O/c1-11(2)10-20-7-3-6-19-14-8-12(17)4-5-13(14)18-15(19)9-16/h4-5,8,11H,3,6-7,9-10H2,1-2H3. The van der Waals surface area contributed by atoms with E-state index in [2.05, 4.69) is 18.8 Å². The Morgan fingerprint density at radius 2 is 2.20 bits per heavy atom. The lowest BCUT2D eigenvalue weighted by Crippen LogP contribution is -2.08. The fourth-order valence-electron chi connectivity index (χ4n) is 2.14. The van der Waals surface area contributed by atoms with Crippen molar-refractivity contribution < 1.29 is 9.13 Å². The summed E-state index contributed by atoms with van der Waals surface area (Å²) in [6.07, 6.45) is 0.860. The van der Waals surface area contributed by atoms with Gasteiger partial charge in [0, 0.05) is 19.8 Å². The van der Waals surface area contributed by atoms with Gasteiger partial charge in [0.2, 0.25) is 0 Å². The van der Waals surface area contributed by atoms with Gasteiger partial charge in [0.25, 0.3) is 0 Å². The van der Waals surface area contributed by atoms with Crippen molar-refractivity contribution in [2.45, 2.75) is 32.7 Å². The molecule has 0 amide bonds. The number of aryl methyl sites for hydroxylation is 1. The minimum absolute atomic E-state index is 0.254. The summed E-state index contributed by atoms with van der Waals surface area (Å²) in [4.78, 5) is 4.42. The molecular formula is C15H20ClFN2O. The summed E-state index contributed by atoms with van der Waals surface area (Å²) in [7, 11) is 0. The zero-order valence-electron chi connectivity index (χ0n) is 11.9. The van der Waals surface area contributed by atoms with Crippen LogP contribution in [0.4, 0.5) is 4.39 Å². The summed E-state index contributed by atoms with van der Waals surface area (Å²) in [6, 6.07) is 4.61. The lowest BCUT2D eigenvalue weighted by Gasteiger charge is -2.09. The first-order valence-corrected chi connectivity index (χ1v) is 7.43. The van der Waals surface area contributed by atoms with Crippen molar-refractivity contribution in [1.82, 2.24) is 9.55 Å². The third-order valence-corrected chi connectivity index (χ3v) is 3.27. The van der Waals surface area contributed by atoms with Gasteiger partial charge in [-0.15, -0.1) is 11.6 Å². The van der Waals surface area contributed by atoms with Crippen LogP contribution in [0.25, 0.3) is 11.0 Å². The number of halogens is 2. The van der Waals surface area contributed by atoms with E-state index in [0.29, 0.717) is 18.4 Å². The van der Waals surface area contributed by atoms with Gasteiger partial charge < -0.3 is 9.30 Å². The molecule has 0 fully saturated rings. The number of fused-ring (bicyclic) bond motifs is 1.